The summed E-state index contributed by atoms with van der Waals surface area (Å²) in [5.74, 6) is 0.0574. The van der Waals surface area contributed by atoms with Crippen LogP contribution in [0.5, 0.6) is 0 Å². The van der Waals surface area contributed by atoms with Crippen molar-refractivity contribution >= 4 is 17.5 Å². The van der Waals surface area contributed by atoms with Crippen molar-refractivity contribution in [3.63, 3.8) is 0 Å². The van der Waals surface area contributed by atoms with Gasteiger partial charge in [-0.1, -0.05) is 37.6 Å². The van der Waals surface area contributed by atoms with Crippen LogP contribution in [0.1, 0.15) is 19.4 Å². The van der Waals surface area contributed by atoms with E-state index in [9.17, 15) is 4.79 Å². The molecule has 1 aromatic carbocycles. The Balaban J connectivity index is 2.51. The summed E-state index contributed by atoms with van der Waals surface area (Å²) in [6.07, 6.45) is 1.46. The lowest BCUT2D eigenvalue weighted by atomic mass is 10.2. The SMILES string of the molecule is CC(C)CN/C=C(/C#N)C(=O)NCc1ccc(Cl)cc1. The number of carbonyl (C=O) groups is 1. The Labute approximate surface area is 124 Å². The molecule has 0 aliphatic heterocycles. The van der Waals surface area contributed by atoms with E-state index in [1.807, 2.05) is 32.0 Å². The lowest BCUT2D eigenvalue weighted by Gasteiger charge is -2.06. The van der Waals surface area contributed by atoms with Gasteiger partial charge in [0, 0.05) is 24.3 Å². The van der Waals surface area contributed by atoms with Crippen molar-refractivity contribution in [3.8, 4) is 6.07 Å². The maximum absolute atomic E-state index is 11.8. The number of hydrogen-bond donors (Lipinski definition) is 2. The Kier molecular flexibility index (Phi) is 6.61. The van der Waals surface area contributed by atoms with Crippen LogP contribution in [-0.4, -0.2) is 12.5 Å². The van der Waals surface area contributed by atoms with Crippen molar-refractivity contribution in [2.24, 2.45) is 5.92 Å². The van der Waals surface area contributed by atoms with Gasteiger partial charge < -0.3 is 10.6 Å². The van der Waals surface area contributed by atoms with Gasteiger partial charge in [-0.2, -0.15) is 5.26 Å². The number of amides is 1. The molecule has 0 saturated carbocycles. The third kappa shape index (κ3) is 5.77. The summed E-state index contributed by atoms with van der Waals surface area (Å²) in [7, 11) is 0. The van der Waals surface area contributed by atoms with Crippen LogP contribution in [0.4, 0.5) is 0 Å². The van der Waals surface area contributed by atoms with Crippen LogP contribution < -0.4 is 10.6 Å². The Hall–Kier alpha value is -1.99. The van der Waals surface area contributed by atoms with Gasteiger partial charge in [0.2, 0.25) is 0 Å². The zero-order chi connectivity index (χ0) is 15.0. The second-order valence-corrected chi connectivity index (χ2v) is 5.22. The summed E-state index contributed by atoms with van der Waals surface area (Å²) >= 11 is 5.78. The van der Waals surface area contributed by atoms with E-state index in [4.69, 9.17) is 16.9 Å². The number of nitrogens with zero attached hydrogens (tertiary/aromatic N) is 1. The molecule has 0 aliphatic rings. The highest BCUT2D eigenvalue weighted by Crippen LogP contribution is 2.09. The van der Waals surface area contributed by atoms with Crippen molar-refractivity contribution < 1.29 is 4.79 Å². The molecule has 0 radical (unpaired) electrons. The summed E-state index contributed by atoms with van der Waals surface area (Å²) < 4.78 is 0. The molecule has 1 rings (SSSR count). The van der Waals surface area contributed by atoms with E-state index in [0.29, 0.717) is 17.5 Å². The van der Waals surface area contributed by atoms with Gasteiger partial charge in [0.1, 0.15) is 11.6 Å². The number of nitriles is 1. The van der Waals surface area contributed by atoms with E-state index < -0.39 is 5.91 Å². The summed E-state index contributed by atoms with van der Waals surface area (Å²) in [5.41, 5.74) is 0.995. The maximum atomic E-state index is 11.8. The van der Waals surface area contributed by atoms with Gasteiger partial charge in [0.25, 0.3) is 5.91 Å². The van der Waals surface area contributed by atoms with E-state index in [1.54, 1.807) is 12.1 Å². The average Bonchev–Trinajstić information content (AvgIpc) is 2.42. The Bertz CT molecular complexity index is 515. The molecule has 5 heteroatoms. The predicted octanol–water partition coefficient (Wildman–Crippen LogP) is 2.61. The highest BCUT2D eigenvalue weighted by Gasteiger charge is 2.08. The minimum Gasteiger partial charge on any atom is -0.389 e. The first-order valence-electron chi connectivity index (χ1n) is 6.39. The average molecular weight is 292 g/mol. The molecule has 1 aromatic rings. The van der Waals surface area contributed by atoms with Gasteiger partial charge in [-0.3, -0.25) is 4.79 Å². The summed E-state index contributed by atoms with van der Waals surface area (Å²) in [5, 5.41) is 15.3. The normalized spacial score (nSPS) is 11.1. The number of carbonyl (C=O) groups excluding carboxylic acids is 1. The number of benzene rings is 1. The largest absolute Gasteiger partial charge is 0.389 e. The van der Waals surface area contributed by atoms with E-state index >= 15 is 0 Å². The lowest BCUT2D eigenvalue weighted by molar-refractivity contribution is -0.117. The second kappa shape index (κ2) is 8.23. The molecular weight excluding hydrogens is 274 g/mol. The van der Waals surface area contributed by atoms with Gasteiger partial charge in [-0.05, 0) is 23.6 Å². The van der Waals surface area contributed by atoms with Crippen LogP contribution in [0.25, 0.3) is 0 Å². The van der Waals surface area contributed by atoms with Crippen LogP contribution in [0.3, 0.4) is 0 Å². The smallest absolute Gasteiger partial charge is 0.263 e. The summed E-state index contributed by atoms with van der Waals surface area (Å²) in [4.78, 5) is 11.8. The fourth-order valence-corrected chi connectivity index (χ4v) is 1.55. The molecule has 0 spiro atoms. The van der Waals surface area contributed by atoms with E-state index in [1.165, 1.54) is 6.20 Å². The van der Waals surface area contributed by atoms with Gasteiger partial charge in [0.15, 0.2) is 0 Å². The Morgan fingerprint density at radius 1 is 1.40 bits per heavy atom. The van der Waals surface area contributed by atoms with E-state index in [-0.39, 0.29) is 5.57 Å². The molecule has 0 saturated heterocycles. The minimum atomic E-state index is -0.390. The highest BCUT2D eigenvalue weighted by molar-refractivity contribution is 6.30. The molecule has 1 amide bonds. The Morgan fingerprint density at radius 3 is 2.60 bits per heavy atom. The first kappa shape index (κ1) is 16.1. The van der Waals surface area contributed by atoms with Gasteiger partial charge in [-0.15, -0.1) is 0 Å². The number of halogens is 1. The molecule has 0 aromatic heterocycles. The predicted molar refractivity (Wildman–Crippen MR) is 79.8 cm³/mol. The van der Waals surface area contributed by atoms with Crippen LogP contribution in [0.2, 0.25) is 5.02 Å². The number of rotatable bonds is 6. The van der Waals surface area contributed by atoms with Crippen molar-refractivity contribution in [2.75, 3.05) is 6.54 Å². The van der Waals surface area contributed by atoms with Gasteiger partial charge in [0.05, 0.1) is 0 Å². The van der Waals surface area contributed by atoms with Gasteiger partial charge in [-0.25, -0.2) is 0 Å². The zero-order valence-corrected chi connectivity index (χ0v) is 12.4. The van der Waals surface area contributed by atoms with Gasteiger partial charge >= 0.3 is 0 Å². The topological polar surface area (TPSA) is 64.9 Å². The van der Waals surface area contributed by atoms with Crippen molar-refractivity contribution in [2.45, 2.75) is 20.4 Å². The number of nitrogens with one attached hydrogen (secondary N) is 2. The second-order valence-electron chi connectivity index (χ2n) is 4.78. The molecule has 106 valence electrons. The standard InChI is InChI=1S/C15H18ClN3O/c1-11(2)8-18-10-13(7-17)15(20)19-9-12-3-5-14(16)6-4-12/h3-6,10-11,18H,8-9H2,1-2H3,(H,19,20)/b13-10-. The Morgan fingerprint density at radius 2 is 2.05 bits per heavy atom. The maximum Gasteiger partial charge on any atom is 0.263 e. The zero-order valence-electron chi connectivity index (χ0n) is 11.6. The van der Waals surface area contributed by atoms with Crippen molar-refractivity contribution in [1.82, 2.24) is 10.6 Å². The highest BCUT2D eigenvalue weighted by atomic mass is 35.5. The van der Waals surface area contributed by atoms with Crippen LogP contribution in [0.15, 0.2) is 36.0 Å². The minimum absolute atomic E-state index is 0.0691. The fraction of sp³-hybridized carbons (Fsp3) is 0.333. The molecular formula is C15H18ClN3O. The monoisotopic (exact) mass is 291 g/mol. The van der Waals surface area contributed by atoms with E-state index in [0.717, 1.165) is 12.1 Å². The quantitative estimate of drug-likeness (QED) is 0.625. The fourth-order valence-electron chi connectivity index (χ4n) is 1.43. The third-order valence-corrected chi connectivity index (χ3v) is 2.76. The molecule has 0 fully saturated rings. The lowest BCUT2D eigenvalue weighted by Crippen LogP contribution is -2.25. The molecule has 0 unspecified atom stereocenters. The first-order valence-corrected chi connectivity index (χ1v) is 6.77. The van der Waals surface area contributed by atoms with Crippen LogP contribution >= 0.6 is 11.6 Å². The summed E-state index contributed by atoms with van der Waals surface area (Å²) in [6, 6.07) is 9.06. The molecule has 0 bridgehead atoms. The third-order valence-electron chi connectivity index (χ3n) is 2.50. The molecule has 0 aliphatic carbocycles. The molecule has 20 heavy (non-hydrogen) atoms. The molecule has 0 heterocycles. The molecule has 4 nitrogen and oxygen atoms in total. The van der Waals surface area contributed by atoms with Crippen molar-refractivity contribution in [1.29, 1.82) is 5.26 Å². The number of hydrogen-bond acceptors (Lipinski definition) is 3. The first-order chi connectivity index (χ1) is 9.52. The van der Waals surface area contributed by atoms with Crippen molar-refractivity contribution in [3.05, 3.63) is 46.6 Å². The van der Waals surface area contributed by atoms with Crippen LogP contribution in [0, 0.1) is 17.2 Å². The van der Waals surface area contributed by atoms with Crippen LogP contribution in [-0.2, 0) is 11.3 Å². The molecule has 2 N–H and O–H groups in total. The van der Waals surface area contributed by atoms with E-state index in [2.05, 4.69) is 10.6 Å². The summed E-state index contributed by atoms with van der Waals surface area (Å²) in [6.45, 7) is 5.18. The molecule has 0 atom stereocenters.